The highest BCUT2D eigenvalue weighted by atomic mass is 79.9. The van der Waals surface area contributed by atoms with Gasteiger partial charge >= 0.3 is 5.97 Å². The molecule has 3 aromatic rings. The zero-order chi connectivity index (χ0) is 26.2. The summed E-state index contributed by atoms with van der Waals surface area (Å²) in [6.07, 6.45) is 1.45. The Hall–Kier alpha value is -3.36. The second kappa shape index (κ2) is 12.6. The summed E-state index contributed by atoms with van der Waals surface area (Å²) in [6.45, 7) is 5.91. The molecule has 0 aromatic heterocycles. The summed E-state index contributed by atoms with van der Waals surface area (Å²) in [7, 11) is 1.46. The van der Waals surface area contributed by atoms with Crippen LogP contribution in [0.3, 0.4) is 0 Å². The molecule has 0 atom stereocenters. The normalized spacial score (nSPS) is 11.0. The summed E-state index contributed by atoms with van der Waals surface area (Å²) >= 11 is 9.39. The minimum Gasteiger partial charge on any atom is -0.493 e. The molecule has 1 N–H and O–H groups in total. The SMILES string of the molecule is COc1cc(/C=N/NC(=O)COc2cc(C)c(Br)cc2C(C)C)ccc1OC(=O)c1ccc(Cl)cc1. The number of ether oxygens (including phenoxy) is 3. The Balaban J connectivity index is 1.59. The minimum absolute atomic E-state index is 0.180. The Kier molecular flexibility index (Phi) is 9.50. The van der Waals surface area contributed by atoms with Crippen molar-refractivity contribution < 1.29 is 23.8 Å². The van der Waals surface area contributed by atoms with Crippen LogP contribution >= 0.6 is 27.5 Å². The lowest BCUT2D eigenvalue weighted by atomic mass is 10.0. The summed E-state index contributed by atoms with van der Waals surface area (Å²) in [4.78, 5) is 24.6. The fraction of sp³-hybridized carbons (Fsp3) is 0.222. The fourth-order valence-electron chi connectivity index (χ4n) is 3.19. The topological polar surface area (TPSA) is 86.2 Å². The number of hydrogen-bond donors (Lipinski definition) is 1. The van der Waals surface area contributed by atoms with Crippen molar-refractivity contribution in [2.75, 3.05) is 13.7 Å². The molecule has 0 saturated carbocycles. The van der Waals surface area contributed by atoms with Crippen LogP contribution in [0.1, 0.15) is 46.8 Å². The van der Waals surface area contributed by atoms with Crippen LogP contribution in [0.5, 0.6) is 17.2 Å². The third kappa shape index (κ3) is 7.32. The van der Waals surface area contributed by atoms with E-state index in [0.29, 0.717) is 27.6 Å². The van der Waals surface area contributed by atoms with Gasteiger partial charge in [-0.3, -0.25) is 4.79 Å². The minimum atomic E-state index is -0.541. The van der Waals surface area contributed by atoms with Gasteiger partial charge in [0.25, 0.3) is 5.91 Å². The number of halogens is 2. The van der Waals surface area contributed by atoms with Crippen molar-refractivity contribution in [1.29, 1.82) is 0 Å². The van der Waals surface area contributed by atoms with E-state index in [1.165, 1.54) is 13.3 Å². The first kappa shape index (κ1) is 27.2. The maximum atomic E-state index is 12.4. The summed E-state index contributed by atoms with van der Waals surface area (Å²) in [6, 6.07) is 15.2. The number of carbonyl (C=O) groups excluding carboxylic acids is 2. The van der Waals surface area contributed by atoms with Gasteiger partial charge in [-0.05, 0) is 84.1 Å². The number of carbonyl (C=O) groups is 2. The number of esters is 1. The molecule has 0 aliphatic heterocycles. The van der Waals surface area contributed by atoms with Crippen LogP contribution in [0.2, 0.25) is 5.02 Å². The monoisotopic (exact) mass is 572 g/mol. The average molecular weight is 574 g/mol. The molecule has 0 aliphatic rings. The first-order valence-electron chi connectivity index (χ1n) is 11.1. The van der Waals surface area contributed by atoms with Crippen LogP contribution in [-0.2, 0) is 4.79 Å². The number of rotatable bonds is 9. The smallest absolute Gasteiger partial charge is 0.343 e. The van der Waals surface area contributed by atoms with Gasteiger partial charge in [0.2, 0.25) is 0 Å². The van der Waals surface area contributed by atoms with E-state index in [2.05, 4.69) is 40.3 Å². The predicted octanol–water partition coefficient (Wildman–Crippen LogP) is 6.29. The van der Waals surface area contributed by atoms with Crippen LogP contribution in [0, 0.1) is 6.92 Å². The summed E-state index contributed by atoms with van der Waals surface area (Å²) in [5.74, 6) is 0.544. The fourth-order valence-corrected chi connectivity index (χ4v) is 3.68. The summed E-state index contributed by atoms with van der Waals surface area (Å²) < 4.78 is 17.5. The van der Waals surface area contributed by atoms with E-state index >= 15 is 0 Å². The van der Waals surface area contributed by atoms with E-state index in [1.54, 1.807) is 42.5 Å². The number of aryl methyl sites for hydroxylation is 1. The number of nitrogens with zero attached hydrogens (tertiary/aromatic N) is 1. The van der Waals surface area contributed by atoms with Gasteiger partial charge < -0.3 is 14.2 Å². The summed E-state index contributed by atoms with van der Waals surface area (Å²) in [5.41, 5.74) is 5.46. The van der Waals surface area contributed by atoms with Crippen molar-refractivity contribution in [3.8, 4) is 17.2 Å². The third-order valence-corrected chi connectivity index (χ3v) is 6.25. The highest BCUT2D eigenvalue weighted by Crippen LogP contribution is 2.32. The molecular weight excluding hydrogens is 548 g/mol. The molecule has 0 heterocycles. The Morgan fingerprint density at radius 2 is 1.78 bits per heavy atom. The van der Waals surface area contributed by atoms with Crippen LogP contribution in [0.25, 0.3) is 0 Å². The number of methoxy groups -OCH3 is 1. The molecular formula is C27H26BrClN2O5. The zero-order valence-corrected chi connectivity index (χ0v) is 22.6. The van der Waals surface area contributed by atoms with E-state index in [0.717, 1.165) is 15.6 Å². The first-order valence-corrected chi connectivity index (χ1v) is 12.3. The van der Waals surface area contributed by atoms with Crippen LogP contribution in [0.4, 0.5) is 0 Å². The van der Waals surface area contributed by atoms with Gasteiger partial charge in [-0.25, -0.2) is 10.2 Å². The molecule has 0 spiro atoms. The van der Waals surface area contributed by atoms with E-state index in [-0.39, 0.29) is 18.3 Å². The van der Waals surface area contributed by atoms with Crippen LogP contribution in [0.15, 0.2) is 64.2 Å². The van der Waals surface area contributed by atoms with E-state index in [4.69, 9.17) is 25.8 Å². The van der Waals surface area contributed by atoms with Gasteiger partial charge in [-0.2, -0.15) is 5.10 Å². The Morgan fingerprint density at radius 1 is 1.06 bits per heavy atom. The van der Waals surface area contributed by atoms with Gasteiger partial charge in [0.05, 0.1) is 18.9 Å². The van der Waals surface area contributed by atoms with Crippen LogP contribution in [-0.4, -0.2) is 31.8 Å². The number of amides is 1. The molecule has 3 rings (SSSR count). The number of nitrogens with one attached hydrogen (secondary N) is 1. The quantitative estimate of drug-likeness (QED) is 0.141. The van der Waals surface area contributed by atoms with Crippen LogP contribution < -0.4 is 19.6 Å². The molecule has 0 radical (unpaired) electrons. The molecule has 1 amide bonds. The molecule has 0 aliphatic carbocycles. The van der Waals surface area contributed by atoms with Crippen molar-refractivity contribution in [3.63, 3.8) is 0 Å². The number of benzene rings is 3. The molecule has 0 bridgehead atoms. The van der Waals surface area contributed by atoms with E-state index in [9.17, 15) is 9.59 Å². The molecule has 0 fully saturated rings. The highest BCUT2D eigenvalue weighted by Gasteiger charge is 2.14. The second-order valence-corrected chi connectivity index (χ2v) is 9.47. The van der Waals surface area contributed by atoms with Gasteiger partial charge in [0, 0.05) is 9.50 Å². The Labute approximate surface area is 223 Å². The Bertz CT molecular complexity index is 1280. The second-order valence-electron chi connectivity index (χ2n) is 8.18. The van der Waals surface area contributed by atoms with Crippen molar-refractivity contribution >= 4 is 45.6 Å². The van der Waals surface area contributed by atoms with Gasteiger partial charge in [-0.1, -0.05) is 41.4 Å². The lowest BCUT2D eigenvalue weighted by Gasteiger charge is -2.15. The third-order valence-electron chi connectivity index (χ3n) is 5.14. The zero-order valence-electron chi connectivity index (χ0n) is 20.3. The average Bonchev–Trinajstić information content (AvgIpc) is 2.85. The van der Waals surface area contributed by atoms with Gasteiger partial charge in [0.15, 0.2) is 18.1 Å². The van der Waals surface area contributed by atoms with Crippen molar-refractivity contribution in [1.82, 2.24) is 5.43 Å². The molecule has 0 unspecified atom stereocenters. The number of hydrogen-bond acceptors (Lipinski definition) is 6. The predicted molar refractivity (Wildman–Crippen MR) is 144 cm³/mol. The van der Waals surface area contributed by atoms with E-state index in [1.807, 2.05) is 19.1 Å². The molecule has 0 saturated heterocycles. The largest absolute Gasteiger partial charge is 0.493 e. The van der Waals surface area contributed by atoms with Crippen molar-refractivity contribution in [2.45, 2.75) is 26.7 Å². The number of hydrazone groups is 1. The van der Waals surface area contributed by atoms with Gasteiger partial charge in [-0.15, -0.1) is 0 Å². The highest BCUT2D eigenvalue weighted by molar-refractivity contribution is 9.10. The Morgan fingerprint density at radius 3 is 2.44 bits per heavy atom. The maximum absolute atomic E-state index is 12.4. The van der Waals surface area contributed by atoms with E-state index < -0.39 is 11.9 Å². The lowest BCUT2D eigenvalue weighted by molar-refractivity contribution is -0.123. The van der Waals surface area contributed by atoms with Gasteiger partial charge in [0.1, 0.15) is 5.75 Å². The molecule has 9 heteroatoms. The lowest BCUT2D eigenvalue weighted by Crippen LogP contribution is -2.25. The molecule has 36 heavy (non-hydrogen) atoms. The van der Waals surface area contributed by atoms with Crippen molar-refractivity contribution in [2.24, 2.45) is 5.10 Å². The summed E-state index contributed by atoms with van der Waals surface area (Å²) in [5, 5.41) is 4.50. The molecule has 188 valence electrons. The first-order chi connectivity index (χ1) is 17.2. The maximum Gasteiger partial charge on any atom is 0.343 e. The molecule has 3 aromatic carbocycles. The van der Waals surface area contributed by atoms with Crippen molar-refractivity contribution in [3.05, 3.63) is 86.3 Å². The standard InChI is InChI=1S/C27H26BrClN2O5/c1-16(2)21-13-22(28)17(3)11-24(21)35-15-26(32)31-30-14-18-5-10-23(25(12-18)34-4)36-27(33)19-6-8-20(29)9-7-19/h5-14,16H,15H2,1-4H3,(H,31,32)/b30-14+. The molecule has 7 nitrogen and oxygen atoms in total.